The first-order chi connectivity index (χ1) is 14.5. The lowest BCUT2D eigenvalue weighted by atomic mass is 9.93. The number of nitrogens with one attached hydrogen (secondary N) is 1. The molecule has 1 N–H and O–H groups in total. The molecule has 0 bridgehead atoms. The highest BCUT2D eigenvalue weighted by atomic mass is 16.7. The molecule has 5 rings (SSSR count). The number of carbonyl (C=O) groups is 1. The Morgan fingerprint density at radius 1 is 0.867 bits per heavy atom. The predicted octanol–water partition coefficient (Wildman–Crippen LogP) is 5.68. The number of aryl methyl sites for hydroxylation is 2. The van der Waals surface area contributed by atoms with Gasteiger partial charge >= 0.3 is 0 Å². The van der Waals surface area contributed by atoms with Crippen LogP contribution in [0.2, 0.25) is 0 Å². The number of hydrogen-bond acceptors (Lipinski definition) is 3. The van der Waals surface area contributed by atoms with Crippen LogP contribution in [0.3, 0.4) is 0 Å². The molecule has 1 fully saturated rings. The Morgan fingerprint density at radius 2 is 1.67 bits per heavy atom. The molecule has 1 amide bonds. The van der Waals surface area contributed by atoms with Gasteiger partial charge in [0.15, 0.2) is 11.5 Å². The van der Waals surface area contributed by atoms with Crippen LogP contribution in [0.4, 0.5) is 5.69 Å². The Hall–Kier alpha value is -3.27. The van der Waals surface area contributed by atoms with E-state index in [1.54, 1.807) is 0 Å². The lowest BCUT2D eigenvalue weighted by Crippen LogP contribution is -2.27. The number of amides is 1. The van der Waals surface area contributed by atoms with Crippen molar-refractivity contribution in [3.63, 3.8) is 0 Å². The molecule has 4 nitrogen and oxygen atoms in total. The van der Waals surface area contributed by atoms with Crippen LogP contribution in [-0.4, -0.2) is 12.7 Å². The minimum atomic E-state index is -0.481. The van der Waals surface area contributed by atoms with Gasteiger partial charge in [0.05, 0.1) is 5.41 Å². The molecule has 0 aromatic heterocycles. The number of ether oxygens (including phenoxy) is 2. The van der Waals surface area contributed by atoms with Crippen LogP contribution in [0.15, 0.2) is 54.6 Å². The van der Waals surface area contributed by atoms with Gasteiger partial charge in [-0.05, 0) is 91.3 Å². The SMILES string of the molecule is Cc1ccc(NC(=O)C2(c3ccc4c(c3)OCO4)CC2)cc1-c1cccc(C)c1C. The smallest absolute Gasteiger partial charge is 0.235 e. The monoisotopic (exact) mass is 399 g/mol. The van der Waals surface area contributed by atoms with Gasteiger partial charge in [-0.2, -0.15) is 0 Å². The topological polar surface area (TPSA) is 47.6 Å². The highest BCUT2D eigenvalue weighted by Crippen LogP contribution is 2.51. The summed E-state index contributed by atoms with van der Waals surface area (Å²) in [6, 6.07) is 18.3. The fraction of sp³-hybridized carbons (Fsp3) is 0.269. The van der Waals surface area contributed by atoms with Gasteiger partial charge in [0.25, 0.3) is 0 Å². The van der Waals surface area contributed by atoms with Gasteiger partial charge in [0.2, 0.25) is 12.7 Å². The van der Waals surface area contributed by atoms with Gasteiger partial charge < -0.3 is 14.8 Å². The molecule has 4 heteroatoms. The third-order valence-corrected chi connectivity index (χ3v) is 6.50. The molecule has 1 aliphatic heterocycles. The molecule has 152 valence electrons. The molecule has 3 aromatic rings. The molecule has 30 heavy (non-hydrogen) atoms. The number of carbonyl (C=O) groups excluding carboxylic acids is 1. The first kappa shape index (κ1) is 18.7. The summed E-state index contributed by atoms with van der Waals surface area (Å²) in [6.07, 6.45) is 1.68. The average Bonchev–Trinajstić information content (AvgIpc) is 3.42. The molecule has 1 heterocycles. The average molecular weight is 399 g/mol. The molecule has 0 spiro atoms. The van der Waals surface area contributed by atoms with Crippen LogP contribution in [0.25, 0.3) is 11.1 Å². The van der Waals surface area contributed by atoms with E-state index in [1.165, 1.54) is 22.3 Å². The van der Waals surface area contributed by atoms with Crippen molar-refractivity contribution in [1.29, 1.82) is 0 Å². The van der Waals surface area contributed by atoms with Crippen molar-refractivity contribution >= 4 is 11.6 Å². The zero-order chi connectivity index (χ0) is 20.9. The van der Waals surface area contributed by atoms with E-state index >= 15 is 0 Å². The van der Waals surface area contributed by atoms with Crippen LogP contribution in [0.1, 0.15) is 35.1 Å². The number of anilines is 1. The molecule has 0 unspecified atom stereocenters. The van der Waals surface area contributed by atoms with Gasteiger partial charge in [-0.15, -0.1) is 0 Å². The summed E-state index contributed by atoms with van der Waals surface area (Å²) < 4.78 is 10.9. The summed E-state index contributed by atoms with van der Waals surface area (Å²) in [5, 5.41) is 3.17. The second-order valence-corrected chi connectivity index (χ2v) is 8.38. The van der Waals surface area contributed by atoms with Crippen molar-refractivity contribution in [3.8, 4) is 22.6 Å². The minimum Gasteiger partial charge on any atom is -0.454 e. The van der Waals surface area contributed by atoms with Crippen molar-refractivity contribution in [2.45, 2.75) is 39.0 Å². The third kappa shape index (κ3) is 3.04. The van der Waals surface area contributed by atoms with Crippen molar-refractivity contribution in [3.05, 3.63) is 76.9 Å². The summed E-state index contributed by atoms with van der Waals surface area (Å²) in [7, 11) is 0. The van der Waals surface area contributed by atoms with Crippen LogP contribution in [-0.2, 0) is 10.2 Å². The predicted molar refractivity (Wildman–Crippen MR) is 118 cm³/mol. The lowest BCUT2D eigenvalue weighted by Gasteiger charge is -2.18. The lowest BCUT2D eigenvalue weighted by molar-refractivity contribution is -0.118. The second-order valence-electron chi connectivity index (χ2n) is 8.38. The minimum absolute atomic E-state index is 0.0390. The van der Waals surface area contributed by atoms with E-state index in [4.69, 9.17) is 9.47 Å². The summed E-state index contributed by atoms with van der Waals surface area (Å²) in [4.78, 5) is 13.3. The normalized spacial score (nSPS) is 15.7. The Bertz CT molecular complexity index is 1160. The molecule has 0 radical (unpaired) electrons. The maximum atomic E-state index is 13.3. The molecule has 1 saturated carbocycles. The quantitative estimate of drug-likeness (QED) is 0.614. The summed E-state index contributed by atoms with van der Waals surface area (Å²) in [5.41, 5.74) is 7.43. The number of fused-ring (bicyclic) bond motifs is 1. The van der Waals surface area contributed by atoms with E-state index in [-0.39, 0.29) is 12.7 Å². The van der Waals surface area contributed by atoms with Crippen molar-refractivity contribution in [1.82, 2.24) is 0 Å². The molecule has 1 aliphatic carbocycles. The zero-order valence-electron chi connectivity index (χ0n) is 17.5. The standard InChI is InChI=1S/C26H25NO3/c1-16-5-4-6-21(18(16)3)22-14-20(9-7-17(22)2)27-25(28)26(11-12-26)19-8-10-23-24(13-19)30-15-29-23/h4-10,13-14H,11-12,15H2,1-3H3,(H,27,28). The highest BCUT2D eigenvalue weighted by Gasteiger charge is 2.51. The van der Waals surface area contributed by atoms with E-state index in [0.29, 0.717) is 0 Å². The summed E-state index contributed by atoms with van der Waals surface area (Å²) >= 11 is 0. The van der Waals surface area contributed by atoms with E-state index in [0.717, 1.165) is 41.2 Å². The Kier molecular flexibility index (Phi) is 4.31. The molecule has 3 aromatic carbocycles. The fourth-order valence-corrected chi connectivity index (χ4v) is 4.25. The first-order valence-electron chi connectivity index (χ1n) is 10.4. The first-order valence-corrected chi connectivity index (χ1v) is 10.4. The third-order valence-electron chi connectivity index (χ3n) is 6.50. The Morgan fingerprint density at radius 3 is 2.47 bits per heavy atom. The van der Waals surface area contributed by atoms with E-state index in [9.17, 15) is 4.79 Å². The highest BCUT2D eigenvalue weighted by molar-refractivity contribution is 6.02. The second kappa shape index (κ2) is 6.91. The summed E-state index contributed by atoms with van der Waals surface area (Å²) in [6.45, 7) is 6.62. The maximum absolute atomic E-state index is 13.3. The Labute approximate surface area is 176 Å². The van der Waals surface area contributed by atoms with E-state index in [2.05, 4.69) is 56.4 Å². The van der Waals surface area contributed by atoms with Crippen LogP contribution in [0.5, 0.6) is 11.5 Å². The fourth-order valence-electron chi connectivity index (χ4n) is 4.25. The zero-order valence-corrected chi connectivity index (χ0v) is 17.5. The van der Waals surface area contributed by atoms with Crippen molar-refractivity contribution in [2.75, 3.05) is 12.1 Å². The Balaban J connectivity index is 1.44. The van der Waals surface area contributed by atoms with Gasteiger partial charge in [0.1, 0.15) is 0 Å². The van der Waals surface area contributed by atoms with E-state index in [1.807, 2.05) is 24.3 Å². The van der Waals surface area contributed by atoms with Gasteiger partial charge in [0, 0.05) is 5.69 Å². The van der Waals surface area contributed by atoms with Crippen molar-refractivity contribution in [2.24, 2.45) is 0 Å². The largest absolute Gasteiger partial charge is 0.454 e. The molecule has 2 aliphatic rings. The van der Waals surface area contributed by atoms with Gasteiger partial charge in [-0.1, -0.05) is 30.3 Å². The van der Waals surface area contributed by atoms with Gasteiger partial charge in [-0.3, -0.25) is 4.79 Å². The molecular weight excluding hydrogens is 374 g/mol. The maximum Gasteiger partial charge on any atom is 0.235 e. The van der Waals surface area contributed by atoms with Crippen LogP contribution < -0.4 is 14.8 Å². The number of benzene rings is 3. The van der Waals surface area contributed by atoms with Crippen LogP contribution in [0, 0.1) is 20.8 Å². The number of hydrogen-bond donors (Lipinski definition) is 1. The molecule has 0 atom stereocenters. The summed E-state index contributed by atoms with van der Waals surface area (Å²) in [5.74, 6) is 1.50. The number of rotatable bonds is 4. The molecular formula is C26H25NO3. The van der Waals surface area contributed by atoms with Crippen LogP contribution >= 0.6 is 0 Å². The van der Waals surface area contributed by atoms with Gasteiger partial charge in [-0.25, -0.2) is 0 Å². The van der Waals surface area contributed by atoms with E-state index < -0.39 is 5.41 Å². The molecule has 0 saturated heterocycles. The van der Waals surface area contributed by atoms with Crippen molar-refractivity contribution < 1.29 is 14.3 Å².